The van der Waals surface area contributed by atoms with E-state index in [4.69, 9.17) is 4.74 Å². The molecule has 0 aliphatic rings. The lowest BCUT2D eigenvalue weighted by Crippen LogP contribution is -2.09. The van der Waals surface area contributed by atoms with Crippen molar-refractivity contribution in [1.29, 1.82) is 0 Å². The average molecular weight is 194 g/mol. The summed E-state index contributed by atoms with van der Waals surface area (Å²) in [6, 6.07) is 4.08. The summed E-state index contributed by atoms with van der Waals surface area (Å²) in [7, 11) is 1.40. The standard InChI is InChI=1S/C10H10O4/c1-6(11)10(13)7-3-4-9(14-2)8(12)5-7/h3-5,12H,1-2H3. The van der Waals surface area contributed by atoms with E-state index in [1.165, 1.54) is 32.2 Å². The third-order valence-corrected chi connectivity index (χ3v) is 1.76. The number of aromatic hydroxyl groups is 1. The number of methoxy groups -OCH3 is 1. The van der Waals surface area contributed by atoms with Crippen LogP contribution in [-0.4, -0.2) is 23.8 Å². The lowest BCUT2D eigenvalue weighted by atomic mass is 10.1. The molecule has 1 rings (SSSR count). The van der Waals surface area contributed by atoms with Gasteiger partial charge in [0.1, 0.15) is 0 Å². The number of phenols is 1. The van der Waals surface area contributed by atoms with Crippen LogP contribution in [-0.2, 0) is 4.79 Å². The second-order valence-electron chi connectivity index (χ2n) is 2.77. The normalized spacial score (nSPS) is 9.57. The lowest BCUT2D eigenvalue weighted by Gasteiger charge is -2.03. The Morgan fingerprint density at radius 3 is 2.43 bits per heavy atom. The van der Waals surface area contributed by atoms with Crippen LogP contribution in [0.15, 0.2) is 18.2 Å². The Hall–Kier alpha value is -1.84. The van der Waals surface area contributed by atoms with Crippen molar-refractivity contribution in [2.24, 2.45) is 0 Å². The Kier molecular flexibility index (Phi) is 2.86. The van der Waals surface area contributed by atoms with Gasteiger partial charge in [-0.25, -0.2) is 0 Å². The maximum absolute atomic E-state index is 11.2. The van der Waals surface area contributed by atoms with Crippen molar-refractivity contribution in [3.8, 4) is 11.5 Å². The number of hydrogen-bond donors (Lipinski definition) is 1. The molecular weight excluding hydrogens is 184 g/mol. The summed E-state index contributed by atoms with van der Waals surface area (Å²) in [6.45, 7) is 1.18. The third kappa shape index (κ3) is 1.90. The van der Waals surface area contributed by atoms with E-state index in [9.17, 15) is 14.7 Å². The molecule has 0 aliphatic carbocycles. The average Bonchev–Trinajstić information content (AvgIpc) is 2.16. The number of ether oxygens (including phenoxy) is 1. The molecule has 4 heteroatoms. The number of hydrogen-bond acceptors (Lipinski definition) is 4. The smallest absolute Gasteiger partial charge is 0.228 e. The Labute approximate surface area is 81.1 Å². The molecule has 0 bridgehead atoms. The summed E-state index contributed by atoms with van der Waals surface area (Å²) in [4.78, 5) is 21.9. The Bertz CT molecular complexity index is 382. The molecule has 0 aliphatic heterocycles. The molecule has 74 valence electrons. The van der Waals surface area contributed by atoms with Gasteiger partial charge in [-0.3, -0.25) is 9.59 Å². The highest BCUT2D eigenvalue weighted by Gasteiger charge is 2.13. The molecule has 0 atom stereocenters. The van der Waals surface area contributed by atoms with Gasteiger partial charge in [0.2, 0.25) is 5.78 Å². The van der Waals surface area contributed by atoms with E-state index in [1.807, 2.05) is 0 Å². The number of Topliss-reactive ketones (excluding diaryl/α,β-unsaturated/α-hetero) is 2. The maximum Gasteiger partial charge on any atom is 0.228 e. The predicted octanol–water partition coefficient (Wildman–Crippen LogP) is 1.17. The van der Waals surface area contributed by atoms with Gasteiger partial charge in [0.05, 0.1) is 7.11 Å². The summed E-state index contributed by atoms with van der Waals surface area (Å²) in [5.41, 5.74) is 0.163. The van der Waals surface area contributed by atoms with E-state index in [-0.39, 0.29) is 17.1 Å². The van der Waals surface area contributed by atoms with E-state index < -0.39 is 11.6 Å². The number of phenolic OH excluding ortho intramolecular Hbond substituents is 1. The van der Waals surface area contributed by atoms with Crippen LogP contribution < -0.4 is 4.74 Å². The van der Waals surface area contributed by atoms with Crippen molar-refractivity contribution < 1.29 is 19.4 Å². The molecule has 0 fully saturated rings. The summed E-state index contributed by atoms with van der Waals surface area (Å²) in [6.07, 6.45) is 0. The SMILES string of the molecule is COc1ccc(C(=O)C(C)=O)cc1O. The van der Waals surface area contributed by atoms with Crippen molar-refractivity contribution in [2.45, 2.75) is 6.92 Å². The number of carbonyl (C=O) groups excluding carboxylic acids is 2. The van der Waals surface area contributed by atoms with E-state index in [1.54, 1.807) is 0 Å². The zero-order chi connectivity index (χ0) is 10.7. The molecule has 1 N–H and O–H groups in total. The molecule has 0 aromatic heterocycles. The van der Waals surface area contributed by atoms with Gasteiger partial charge in [-0.2, -0.15) is 0 Å². The molecule has 0 radical (unpaired) electrons. The van der Waals surface area contributed by atoms with E-state index in [0.717, 1.165) is 0 Å². The highest BCUT2D eigenvalue weighted by atomic mass is 16.5. The molecular formula is C10H10O4. The molecule has 0 saturated carbocycles. The van der Waals surface area contributed by atoms with Crippen LogP contribution in [0.1, 0.15) is 17.3 Å². The van der Waals surface area contributed by atoms with Crippen LogP contribution in [0.2, 0.25) is 0 Å². The zero-order valence-corrected chi connectivity index (χ0v) is 7.90. The van der Waals surface area contributed by atoms with Crippen molar-refractivity contribution in [2.75, 3.05) is 7.11 Å². The number of carbonyl (C=O) groups is 2. The fourth-order valence-corrected chi connectivity index (χ4v) is 1.03. The minimum absolute atomic E-state index is 0.153. The molecule has 0 saturated heterocycles. The number of rotatable bonds is 3. The first-order chi connectivity index (χ1) is 6.56. The van der Waals surface area contributed by atoms with Gasteiger partial charge in [-0.1, -0.05) is 0 Å². The highest BCUT2D eigenvalue weighted by molar-refractivity contribution is 6.42. The number of ketones is 2. The monoisotopic (exact) mass is 194 g/mol. The van der Waals surface area contributed by atoms with Gasteiger partial charge < -0.3 is 9.84 Å². The molecule has 0 unspecified atom stereocenters. The van der Waals surface area contributed by atoms with E-state index >= 15 is 0 Å². The van der Waals surface area contributed by atoms with Gasteiger partial charge in [-0.05, 0) is 18.2 Å². The van der Waals surface area contributed by atoms with Crippen LogP contribution in [0.25, 0.3) is 0 Å². The quantitative estimate of drug-likeness (QED) is 0.579. The van der Waals surface area contributed by atoms with Crippen LogP contribution in [0, 0.1) is 0 Å². The van der Waals surface area contributed by atoms with Crippen molar-refractivity contribution >= 4 is 11.6 Å². The molecule has 1 aromatic rings. The molecule has 0 amide bonds. The largest absolute Gasteiger partial charge is 0.504 e. The third-order valence-electron chi connectivity index (χ3n) is 1.76. The Morgan fingerprint density at radius 1 is 1.36 bits per heavy atom. The first kappa shape index (κ1) is 10.2. The number of benzene rings is 1. The summed E-state index contributed by atoms with van der Waals surface area (Å²) < 4.78 is 4.79. The molecule has 1 aromatic carbocycles. The molecule has 14 heavy (non-hydrogen) atoms. The fraction of sp³-hybridized carbons (Fsp3) is 0.200. The fourth-order valence-electron chi connectivity index (χ4n) is 1.03. The maximum atomic E-state index is 11.2. The van der Waals surface area contributed by atoms with Gasteiger partial charge in [-0.15, -0.1) is 0 Å². The minimum Gasteiger partial charge on any atom is -0.504 e. The summed E-state index contributed by atoms with van der Waals surface area (Å²) in [5.74, 6) is -1.07. The Balaban J connectivity index is 3.09. The van der Waals surface area contributed by atoms with Gasteiger partial charge >= 0.3 is 0 Å². The predicted molar refractivity (Wildman–Crippen MR) is 49.7 cm³/mol. The van der Waals surface area contributed by atoms with Crippen molar-refractivity contribution in [3.63, 3.8) is 0 Å². The summed E-state index contributed by atoms with van der Waals surface area (Å²) >= 11 is 0. The van der Waals surface area contributed by atoms with Crippen LogP contribution in [0.4, 0.5) is 0 Å². The van der Waals surface area contributed by atoms with Gasteiger partial charge in [0.25, 0.3) is 0 Å². The minimum atomic E-state index is -0.622. The summed E-state index contributed by atoms with van der Waals surface area (Å²) in [5, 5.41) is 9.33. The second-order valence-corrected chi connectivity index (χ2v) is 2.77. The highest BCUT2D eigenvalue weighted by Crippen LogP contribution is 2.26. The second kappa shape index (κ2) is 3.91. The van der Waals surface area contributed by atoms with Gasteiger partial charge in [0.15, 0.2) is 17.3 Å². The van der Waals surface area contributed by atoms with Crippen LogP contribution in [0.3, 0.4) is 0 Å². The molecule has 0 heterocycles. The first-order valence-corrected chi connectivity index (χ1v) is 3.98. The van der Waals surface area contributed by atoms with Crippen LogP contribution in [0.5, 0.6) is 11.5 Å². The lowest BCUT2D eigenvalue weighted by molar-refractivity contribution is -0.113. The van der Waals surface area contributed by atoms with Crippen molar-refractivity contribution in [3.05, 3.63) is 23.8 Å². The Morgan fingerprint density at radius 2 is 2.00 bits per heavy atom. The van der Waals surface area contributed by atoms with Crippen LogP contribution >= 0.6 is 0 Å². The molecule has 0 spiro atoms. The molecule has 4 nitrogen and oxygen atoms in total. The topological polar surface area (TPSA) is 63.6 Å². The van der Waals surface area contributed by atoms with Gasteiger partial charge in [0, 0.05) is 12.5 Å². The first-order valence-electron chi connectivity index (χ1n) is 3.98. The van der Waals surface area contributed by atoms with E-state index in [2.05, 4.69) is 0 Å². The zero-order valence-electron chi connectivity index (χ0n) is 7.90. The van der Waals surface area contributed by atoms with E-state index in [0.29, 0.717) is 0 Å². The van der Waals surface area contributed by atoms with Crippen molar-refractivity contribution in [1.82, 2.24) is 0 Å².